The van der Waals surface area contributed by atoms with Crippen LogP contribution in [0.1, 0.15) is 43.4 Å². The molecule has 0 N–H and O–H groups in total. The summed E-state index contributed by atoms with van der Waals surface area (Å²) >= 11 is 0. The van der Waals surface area contributed by atoms with E-state index in [0.29, 0.717) is 0 Å². The second kappa shape index (κ2) is 10.7. The van der Waals surface area contributed by atoms with Crippen molar-refractivity contribution in [1.82, 2.24) is 0 Å². The van der Waals surface area contributed by atoms with Crippen LogP contribution < -0.4 is 4.90 Å². The molecule has 2 aliphatic rings. The van der Waals surface area contributed by atoms with E-state index in [1.807, 2.05) is 6.07 Å². The van der Waals surface area contributed by atoms with Crippen molar-refractivity contribution in [2.45, 2.75) is 32.1 Å². The van der Waals surface area contributed by atoms with Crippen molar-refractivity contribution in [3.63, 3.8) is 0 Å². The van der Waals surface area contributed by atoms with E-state index in [-0.39, 0.29) is 5.41 Å². The Kier molecular flexibility index (Phi) is 6.33. The standard InChI is InChI=1S/C45H35NO/c1-45(2)40-27-25-36(29-39(40)37-26-28-42-43(44(37)45)38-15-9-10-16-41(38)47-42)46(34-21-17-32(18-22-34)30-11-5-3-6-12-30)35-23-19-33(20-24-35)31-13-7-4-8-14-31/h3,5-7,9-29H,4,8H2,1-2H3. The summed E-state index contributed by atoms with van der Waals surface area (Å²) in [7, 11) is 0. The third kappa shape index (κ3) is 4.47. The molecule has 6 aromatic carbocycles. The molecule has 47 heavy (non-hydrogen) atoms. The first kappa shape index (κ1) is 27.7. The van der Waals surface area contributed by atoms with Gasteiger partial charge in [0.1, 0.15) is 11.2 Å². The number of rotatable bonds is 5. The molecule has 0 unspecified atom stereocenters. The predicted octanol–water partition coefficient (Wildman–Crippen LogP) is 12.8. The number of hydrogen-bond donors (Lipinski definition) is 0. The van der Waals surface area contributed by atoms with Gasteiger partial charge in [-0.15, -0.1) is 0 Å². The van der Waals surface area contributed by atoms with Gasteiger partial charge in [0.2, 0.25) is 0 Å². The highest BCUT2D eigenvalue weighted by Gasteiger charge is 2.38. The van der Waals surface area contributed by atoms with E-state index in [4.69, 9.17) is 4.42 Å². The average molecular weight is 606 g/mol. The Morgan fingerprint density at radius 2 is 1.26 bits per heavy atom. The minimum atomic E-state index is -0.166. The summed E-state index contributed by atoms with van der Waals surface area (Å²) in [5.41, 5.74) is 15.4. The van der Waals surface area contributed by atoms with E-state index in [9.17, 15) is 0 Å². The highest BCUT2D eigenvalue weighted by atomic mass is 16.3. The first-order valence-corrected chi connectivity index (χ1v) is 16.6. The molecule has 0 amide bonds. The Bertz CT molecular complexity index is 2350. The molecule has 0 spiro atoms. The first-order chi connectivity index (χ1) is 23.1. The predicted molar refractivity (Wildman–Crippen MR) is 198 cm³/mol. The van der Waals surface area contributed by atoms with Gasteiger partial charge in [0.15, 0.2) is 0 Å². The summed E-state index contributed by atoms with van der Waals surface area (Å²) in [6.07, 6.45) is 9.08. The summed E-state index contributed by atoms with van der Waals surface area (Å²) in [5.74, 6) is 0. The molecule has 1 aromatic heterocycles. The molecule has 2 nitrogen and oxygen atoms in total. The molecule has 0 saturated heterocycles. The van der Waals surface area contributed by atoms with Crippen LogP contribution in [0.25, 0.3) is 49.8 Å². The third-order valence-corrected chi connectivity index (χ3v) is 10.1. The van der Waals surface area contributed by atoms with Crippen molar-refractivity contribution in [2.24, 2.45) is 0 Å². The van der Waals surface area contributed by atoms with Crippen LogP contribution in [0.15, 0.2) is 156 Å². The molecule has 2 aliphatic carbocycles. The van der Waals surface area contributed by atoms with Gasteiger partial charge in [0, 0.05) is 33.2 Å². The number of furan rings is 1. The molecule has 0 bridgehead atoms. The number of benzene rings is 6. The molecule has 0 atom stereocenters. The van der Waals surface area contributed by atoms with Crippen LogP contribution in [0, 0.1) is 0 Å². The largest absolute Gasteiger partial charge is 0.456 e. The number of para-hydroxylation sites is 1. The Morgan fingerprint density at radius 3 is 2.00 bits per heavy atom. The van der Waals surface area contributed by atoms with E-state index in [0.717, 1.165) is 41.1 Å². The van der Waals surface area contributed by atoms with Crippen LogP contribution in [0.2, 0.25) is 0 Å². The van der Waals surface area contributed by atoms with E-state index in [1.54, 1.807) is 0 Å². The Balaban J connectivity index is 1.20. The number of hydrogen-bond acceptors (Lipinski definition) is 2. The fraction of sp³-hybridized carbons (Fsp3) is 0.111. The van der Waals surface area contributed by atoms with Gasteiger partial charge in [-0.1, -0.05) is 117 Å². The number of fused-ring (bicyclic) bond motifs is 7. The van der Waals surface area contributed by atoms with Crippen LogP contribution >= 0.6 is 0 Å². The lowest BCUT2D eigenvalue weighted by Crippen LogP contribution is -2.16. The Hall–Kier alpha value is -5.60. The smallest absolute Gasteiger partial charge is 0.135 e. The van der Waals surface area contributed by atoms with Gasteiger partial charge in [0.25, 0.3) is 0 Å². The maximum absolute atomic E-state index is 6.33. The maximum Gasteiger partial charge on any atom is 0.135 e. The van der Waals surface area contributed by atoms with Crippen molar-refractivity contribution < 1.29 is 4.42 Å². The molecule has 9 rings (SSSR count). The van der Waals surface area contributed by atoms with Crippen LogP contribution in [0.4, 0.5) is 17.1 Å². The molecule has 0 fully saturated rings. The lowest BCUT2D eigenvalue weighted by molar-refractivity contribution is 0.657. The fourth-order valence-corrected chi connectivity index (χ4v) is 7.78. The van der Waals surface area contributed by atoms with Gasteiger partial charge in [0.05, 0.1) is 0 Å². The van der Waals surface area contributed by atoms with Crippen molar-refractivity contribution in [3.8, 4) is 22.3 Å². The molecule has 0 aliphatic heterocycles. The Labute approximate surface area is 275 Å². The number of anilines is 3. The van der Waals surface area contributed by atoms with E-state index >= 15 is 0 Å². The minimum absolute atomic E-state index is 0.166. The minimum Gasteiger partial charge on any atom is -0.456 e. The fourth-order valence-electron chi connectivity index (χ4n) is 7.78. The van der Waals surface area contributed by atoms with Gasteiger partial charge < -0.3 is 9.32 Å². The van der Waals surface area contributed by atoms with Gasteiger partial charge in [-0.05, 0) is 106 Å². The normalized spacial score (nSPS) is 14.6. The lowest BCUT2D eigenvalue weighted by Gasteiger charge is -2.27. The highest BCUT2D eigenvalue weighted by molar-refractivity contribution is 6.11. The number of nitrogens with zero attached hydrogens (tertiary/aromatic N) is 1. The van der Waals surface area contributed by atoms with E-state index < -0.39 is 0 Å². The molecule has 1 heterocycles. The molecule has 2 heteroatoms. The Morgan fingerprint density at radius 1 is 0.574 bits per heavy atom. The van der Waals surface area contributed by atoms with Crippen molar-refractivity contribution >= 4 is 44.6 Å². The quantitative estimate of drug-likeness (QED) is 0.194. The monoisotopic (exact) mass is 605 g/mol. The zero-order valence-electron chi connectivity index (χ0n) is 26.7. The maximum atomic E-state index is 6.33. The molecule has 226 valence electrons. The summed E-state index contributed by atoms with van der Waals surface area (Å²) in [5, 5.41) is 2.42. The summed E-state index contributed by atoms with van der Waals surface area (Å²) in [6.45, 7) is 4.71. The van der Waals surface area contributed by atoms with Crippen molar-refractivity contribution in [2.75, 3.05) is 4.90 Å². The van der Waals surface area contributed by atoms with Gasteiger partial charge in [-0.2, -0.15) is 0 Å². The number of allylic oxidation sites excluding steroid dienone is 4. The summed E-state index contributed by atoms with van der Waals surface area (Å²) in [4.78, 5) is 2.39. The van der Waals surface area contributed by atoms with Crippen molar-refractivity contribution in [3.05, 3.63) is 168 Å². The zero-order valence-corrected chi connectivity index (χ0v) is 26.7. The van der Waals surface area contributed by atoms with Gasteiger partial charge in [-0.3, -0.25) is 0 Å². The highest BCUT2D eigenvalue weighted by Crippen LogP contribution is 2.54. The third-order valence-electron chi connectivity index (χ3n) is 10.1. The van der Waals surface area contributed by atoms with E-state index in [2.05, 4.69) is 164 Å². The van der Waals surface area contributed by atoms with Crippen LogP contribution in [0.5, 0.6) is 0 Å². The van der Waals surface area contributed by atoms with Crippen LogP contribution in [-0.2, 0) is 5.41 Å². The molecule has 0 radical (unpaired) electrons. The summed E-state index contributed by atoms with van der Waals surface area (Å²) < 4.78 is 6.33. The van der Waals surface area contributed by atoms with Crippen LogP contribution in [0.3, 0.4) is 0 Å². The lowest BCUT2D eigenvalue weighted by atomic mass is 9.80. The van der Waals surface area contributed by atoms with Crippen LogP contribution in [-0.4, -0.2) is 0 Å². The molecule has 7 aromatic rings. The molecule has 0 saturated carbocycles. The SMILES string of the molecule is CC1(C)c2ccc(N(c3ccc(C4=CCCC=C4)cc3)c3ccc(-c4ccccc4)cc3)cc2-c2ccc3oc4ccccc4c3c21. The second-order valence-corrected chi connectivity index (χ2v) is 13.2. The molecular weight excluding hydrogens is 571 g/mol. The van der Waals surface area contributed by atoms with Crippen molar-refractivity contribution in [1.29, 1.82) is 0 Å². The first-order valence-electron chi connectivity index (χ1n) is 16.6. The second-order valence-electron chi connectivity index (χ2n) is 13.2. The van der Waals surface area contributed by atoms with Gasteiger partial charge >= 0.3 is 0 Å². The topological polar surface area (TPSA) is 16.4 Å². The average Bonchev–Trinajstić information content (AvgIpc) is 3.61. The molecular formula is C45H35NO. The van der Waals surface area contributed by atoms with E-state index in [1.165, 1.54) is 55.3 Å². The van der Waals surface area contributed by atoms with Gasteiger partial charge in [-0.25, -0.2) is 0 Å². The summed E-state index contributed by atoms with van der Waals surface area (Å²) in [6, 6.07) is 48.4. The zero-order chi connectivity index (χ0) is 31.5.